The van der Waals surface area contributed by atoms with Crippen molar-refractivity contribution in [3.63, 3.8) is 0 Å². The third-order valence-corrected chi connectivity index (χ3v) is 3.14. The van der Waals surface area contributed by atoms with Crippen molar-refractivity contribution >= 4 is 0 Å². The van der Waals surface area contributed by atoms with Crippen molar-refractivity contribution in [2.45, 2.75) is 45.8 Å². The van der Waals surface area contributed by atoms with Crippen molar-refractivity contribution in [2.75, 3.05) is 26.3 Å². The summed E-state index contributed by atoms with van der Waals surface area (Å²) in [5.74, 6) is 0.687. The van der Waals surface area contributed by atoms with Gasteiger partial charge in [0.05, 0.1) is 12.7 Å². The molecule has 3 nitrogen and oxygen atoms in total. The van der Waals surface area contributed by atoms with E-state index in [-0.39, 0.29) is 6.10 Å². The van der Waals surface area contributed by atoms with E-state index in [9.17, 15) is 5.11 Å². The number of nitrogens with zero attached hydrogens (tertiary/aromatic N) is 1. The van der Waals surface area contributed by atoms with Gasteiger partial charge in [0.25, 0.3) is 0 Å². The number of hydrogen-bond acceptors (Lipinski definition) is 3. The van der Waals surface area contributed by atoms with Gasteiger partial charge in [0.15, 0.2) is 0 Å². The third kappa shape index (κ3) is 4.09. The summed E-state index contributed by atoms with van der Waals surface area (Å²) >= 11 is 0. The van der Waals surface area contributed by atoms with Gasteiger partial charge in [-0.25, -0.2) is 0 Å². The van der Waals surface area contributed by atoms with E-state index in [0.29, 0.717) is 25.2 Å². The van der Waals surface area contributed by atoms with Crippen molar-refractivity contribution in [3.8, 4) is 0 Å². The van der Waals surface area contributed by atoms with Crippen LogP contribution < -0.4 is 0 Å². The monoisotopic (exact) mass is 215 g/mol. The van der Waals surface area contributed by atoms with Gasteiger partial charge in [-0.05, 0) is 32.2 Å². The number of ether oxygens (including phenoxy) is 1. The average Bonchev–Trinajstić information content (AvgIpc) is 2.62. The van der Waals surface area contributed by atoms with Crippen LogP contribution in [0.5, 0.6) is 0 Å². The molecule has 0 bridgehead atoms. The lowest BCUT2D eigenvalue weighted by Gasteiger charge is -2.29. The highest BCUT2D eigenvalue weighted by Crippen LogP contribution is 2.23. The molecular formula is C12H25NO2. The van der Waals surface area contributed by atoms with Crippen molar-refractivity contribution < 1.29 is 9.84 Å². The Morgan fingerprint density at radius 3 is 2.80 bits per heavy atom. The van der Waals surface area contributed by atoms with Crippen molar-refractivity contribution in [2.24, 2.45) is 5.92 Å². The molecule has 1 aliphatic rings. The van der Waals surface area contributed by atoms with Gasteiger partial charge < -0.3 is 9.84 Å². The topological polar surface area (TPSA) is 32.7 Å². The number of rotatable bonds is 6. The number of aliphatic hydroxyl groups excluding tert-OH is 1. The molecule has 2 unspecified atom stereocenters. The third-order valence-electron chi connectivity index (χ3n) is 3.14. The zero-order valence-corrected chi connectivity index (χ0v) is 10.3. The van der Waals surface area contributed by atoms with E-state index >= 15 is 0 Å². The summed E-state index contributed by atoms with van der Waals surface area (Å²) in [6.45, 7) is 9.53. The Hall–Kier alpha value is -0.120. The Morgan fingerprint density at radius 2 is 2.20 bits per heavy atom. The fourth-order valence-electron chi connectivity index (χ4n) is 2.41. The molecule has 1 aliphatic heterocycles. The van der Waals surface area contributed by atoms with Crippen LogP contribution in [0.25, 0.3) is 0 Å². The van der Waals surface area contributed by atoms with Crippen LogP contribution in [0.1, 0.15) is 33.6 Å². The van der Waals surface area contributed by atoms with Gasteiger partial charge in [-0.3, -0.25) is 4.90 Å². The van der Waals surface area contributed by atoms with Gasteiger partial charge >= 0.3 is 0 Å². The molecule has 1 saturated heterocycles. The maximum Gasteiger partial charge on any atom is 0.0900 e. The lowest BCUT2D eigenvalue weighted by atomic mass is 10.0. The second-order valence-electron chi connectivity index (χ2n) is 4.76. The molecular weight excluding hydrogens is 190 g/mol. The van der Waals surface area contributed by atoms with Crippen LogP contribution in [-0.4, -0.2) is 48.5 Å². The zero-order chi connectivity index (χ0) is 11.3. The Kier molecular flexibility index (Phi) is 5.58. The van der Waals surface area contributed by atoms with Crippen molar-refractivity contribution in [1.82, 2.24) is 4.90 Å². The van der Waals surface area contributed by atoms with Gasteiger partial charge in [0, 0.05) is 19.2 Å². The summed E-state index contributed by atoms with van der Waals surface area (Å²) in [5.41, 5.74) is 0. The van der Waals surface area contributed by atoms with Crippen LogP contribution in [-0.2, 0) is 4.74 Å². The summed E-state index contributed by atoms with van der Waals surface area (Å²) in [6.07, 6.45) is 2.22. The number of aliphatic hydroxyl groups is 1. The highest BCUT2D eigenvalue weighted by atomic mass is 16.5. The zero-order valence-electron chi connectivity index (χ0n) is 10.3. The van der Waals surface area contributed by atoms with E-state index in [4.69, 9.17) is 4.74 Å². The average molecular weight is 215 g/mol. The predicted octanol–water partition coefficient (Wildman–Crippen LogP) is 1.50. The highest BCUT2D eigenvalue weighted by molar-refractivity contribution is 4.82. The van der Waals surface area contributed by atoms with Gasteiger partial charge in [-0.1, -0.05) is 13.8 Å². The predicted molar refractivity (Wildman–Crippen MR) is 61.9 cm³/mol. The van der Waals surface area contributed by atoms with Crippen LogP contribution in [0.3, 0.4) is 0 Å². The van der Waals surface area contributed by atoms with Crippen LogP contribution in [0.4, 0.5) is 0 Å². The molecule has 0 aliphatic carbocycles. The Labute approximate surface area is 93.4 Å². The molecule has 3 heteroatoms. The quantitative estimate of drug-likeness (QED) is 0.729. The first kappa shape index (κ1) is 12.9. The fraction of sp³-hybridized carbons (Fsp3) is 1.00. The number of likely N-dealkylation sites (tertiary alicyclic amines) is 1. The molecule has 1 rings (SSSR count). The van der Waals surface area contributed by atoms with Gasteiger partial charge in [0.2, 0.25) is 0 Å². The summed E-state index contributed by atoms with van der Waals surface area (Å²) in [7, 11) is 0. The normalized spacial score (nSPS) is 25.0. The molecule has 0 aromatic carbocycles. The first-order valence-electron chi connectivity index (χ1n) is 6.15. The SMILES string of the molecule is CCOCC(O)CN1CCCC1C(C)C. The van der Waals surface area contributed by atoms with Gasteiger partial charge in [-0.2, -0.15) is 0 Å². The Bertz CT molecular complexity index is 173. The smallest absolute Gasteiger partial charge is 0.0900 e. The van der Waals surface area contributed by atoms with E-state index in [1.54, 1.807) is 0 Å². The van der Waals surface area contributed by atoms with Crippen molar-refractivity contribution in [3.05, 3.63) is 0 Å². The summed E-state index contributed by atoms with van der Waals surface area (Å²) in [4.78, 5) is 2.41. The van der Waals surface area contributed by atoms with E-state index in [1.807, 2.05) is 6.92 Å². The molecule has 2 atom stereocenters. The van der Waals surface area contributed by atoms with Crippen LogP contribution in [0.15, 0.2) is 0 Å². The molecule has 0 aromatic rings. The highest BCUT2D eigenvalue weighted by Gasteiger charge is 2.28. The fourth-order valence-corrected chi connectivity index (χ4v) is 2.41. The van der Waals surface area contributed by atoms with Gasteiger partial charge in [-0.15, -0.1) is 0 Å². The molecule has 0 amide bonds. The summed E-state index contributed by atoms with van der Waals surface area (Å²) < 4.78 is 5.22. The molecule has 15 heavy (non-hydrogen) atoms. The Balaban J connectivity index is 2.30. The van der Waals surface area contributed by atoms with Crippen molar-refractivity contribution in [1.29, 1.82) is 0 Å². The Morgan fingerprint density at radius 1 is 1.47 bits per heavy atom. The van der Waals surface area contributed by atoms with E-state index in [0.717, 1.165) is 13.1 Å². The molecule has 90 valence electrons. The minimum Gasteiger partial charge on any atom is -0.389 e. The van der Waals surface area contributed by atoms with E-state index < -0.39 is 0 Å². The van der Waals surface area contributed by atoms with Crippen LogP contribution >= 0.6 is 0 Å². The standard InChI is InChI=1S/C12H25NO2/c1-4-15-9-11(14)8-13-7-5-6-12(13)10(2)3/h10-12,14H,4-9H2,1-3H3. The molecule has 0 radical (unpaired) electrons. The second-order valence-corrected chi connectivity index (χ2v) is 4.76. The first-order valence-corrected chi connectivity index (χ1v) is 6.15. The molecule has 0 aromatic heterocycles. The van der Waals surface area contributed by atoms with Gasteiger partial charge in [0.1, 0.15) is 0 Å². The van der Waals surface area contributed by atoms with Crippen LogP contribution in [0.2, 0.25) is 0 Å². The second kappa shape index (κ2) is 6.46. The largest absolute Gasteiger partial charge is 0.389 e. The first-order chi connectivity index (χ1) is 7.15. The molecule has 1 N–H and O–H groups in total. The molecule has 1 fully saturated rings. The lowest BCUT2D eigenvalue weighted by Crippen LogP contribution is -2.40. The molecule has 1 heterocycles. The summed E-state index contributed by atoms with van der Waals surface area (Å²) in [6, 6.07) is 0.654. The maximum atomic E-state index is 9.77. The lowest BCUT2D eigenvalue weighted by molar-refractivity contribution is 0.0153. The molecule has 0 saturated carbocycles. The number of β-amino-alcohol motifs (C(OH)–C–C–N with tert-alkyl or cyclic N) is 1. The number of hydrogen-bond donors (Lipinski definition) is 1. The van der Waals surface area contributed by atoms with E-state index in [2.05, 4.69) is 18.7 Å². The minimum absolute atomic E-state index is 0.329. The molecule has 0 spiro atoms. The minimum atomic E-state index is -0.329. The van der Waals surface area contributed by atoms with Crippen LogP contribution in [0, 0.1) is 5.92 Å². The van der Waals surface area contributed by atoms with E-state index in [1.165, 1.54) is 12.8 Å². The summed E-state index contributed by atoms with van der Waals surface area (Å²) in [5, 5.41) is 9.77. The maximum absolute atomic E-state index is 9.77.